The lowest BCUT2D eigenvalue weighted by molar-refractivity contribution is -0.125. The number of para-hydroxylation sites is 1. The van der Waals surface area contributed by atoms with Crippen molar-refractivity contribution in [3.05, 3.63) is 59.9 Å². The number of carbonyl (C=O) groups is 2. The van der Waals surface area contributed by atoms with E-state index >= 15 is 0 Å². The molecule has 0 saturated heterocycles. The zero-order chi connectivity index (χ0) is 24.9. The molecule has 0 aliphatic carbocycles. The van der Waals surface area contributed by atoms with Crippen LogP contribution in [0.1, 0.15) is 42.9 Å². The minimum atomic E-state index is -0.742. The minimum Gasteiger partial charge on any atom is -0.496 e. The average molecular weight is 472 g/mol. The van der Waals surface area contributed by atoms with Crippen LogP contribution in [0, 0.1) is 23.2 Å². The van der Waals surface area contributed by atoms with Crippen LogP contribution in [0.15, 0.2) is 48.5 Å². The molecule has 8 heteroatoms. The number of aromatic nitrogens is 3. The number of H-pyrrole nitrogens is 2. The van der Waals surface area contributed by atoms with Crippen molar-refractivity contribution in [1.82, 2.24) is 20.5 Å². The van der Waals surface area contributed by atoms with E-state index < -0.39 is 12.0 Å². The minimum absolute atomic E-state index is 0.0459. The van der Waals surface area contributed by atoms with Crippen molar-refractivity contribution in [2.75, 3.05) is 7.11 Å². The summed E-state index contributed by atoms with van der Waals surface area (Å²) in [6, 6.07) is 16.4. The van der Waals surface area contributed by atoms with Crippen molar-refractivity contribution in [3.8, 4) is 11.8 Å². The molecule has 0 spiro atoms. The summed E-state index contributed by atoms with van der Waals surface area (Å²) in [7, 11) is 1.59. The van der Waals surface area contributed by atoms with E-state index in [2.05, 4.69) is 26.6 Å². The highest BCUT2D eigenvalue weighted by atomic mass is 16.5. The second-order valence-electron chi connectivity index (χ2n) is 9.17. The number of Topliss-reactive ketones (excluding diaryl/α,β-unsaturated/α-hetero) is 1. The highest BCUT2D eigenvalue weighted by Crippen LogP contribution is 2.27. The van der Waals surface area contributed by atoms with Crippen LogP contribution in [0.3, 0.4) is 0 Å². The fourth-order valence-electron chi connectivity index (χ4n) is 4.43. The summed E-state index contributed by atoms with van der Waals surface area (Å²) >= 11 is 0. The second-order valence-corrected chi connectivity index (χ2v) is 9.17. The van der Waals surface area contributed by atoms with Crippen molar-refractivity contribution in [1.29, 1.82) is 5.26 Å². The van der Waals surface area contributed by atoms with E-state index in [1.165, 1.54) is 0 Å². The Morgan fingerprint density at radius 3 is 2.69 bits per heavy atom. The summed E-state index contributed by atoms with van der Waals surface area (Å²) < 4.78 is 5.39. The van der Waals surface area contributed by atoms with Crippen molar-refractivity contribution in [3.63, 3.8) is 0 Å². The predicted molar refractivity (Wildman–Crippen MR) is 134 cm³/mol. The first-order valence-corrected chi connectivity index (χ1v) is 11.7. The molecule has 0 radical (unpaired) electrons. The molecule has 0 aliphatic rings. The fraction of sp³-hybridized carbons (Fsp3) is 0.333. The van der Waals surface area contributed by atoms with Crippen molar-refractivity contribution >= 4 is 33.5 Å². The predicted octanol–water partition coefficient (Wildman–Crippen LogP) is 4.54. The van der Waals surface area contributed by atoms with Gasteiger partial charge in [-0.1, -0.05) is 38.1 Å². The summed E-state index contributed by atoms with van der Waals surface area (Å²) in [6.45, 7) is 4.02. The van der Waals surface area contributed by atoms with E-state index in [0.717, 1.165) is 27.5 Å². The Labute approximate surface area is 203 Å². The normalized spacial score (nSPS) is 13.0. The molecule has 2 atom stereocenters. The van der Waals surface area contributed by atoms with Crippen LogP contribution < -0.4 is 10.1 Å². The van der Waals surface area contributed by atoms with Gasteiger partial charge in [0.2, 0.25) is 5.91 Å². The molecule has 4 aromatic rings. The molecule has 2 aromatic carbocycles. The number of hydrogen-bond acceptors (Lipinski definition) is 5. The molecule has 35 heavy (non-hydrogen) atoms. The van der Waals surface area contributed by atoms with Gasteiger partial charge in [-0.15, -0.1) is 0 Å². The molecule has 2 unspecified atom stereocenters. The monoisotopic (exact) mass is 471 g/mol. The lowest BCUT2D eigenvalue weighted by Crippen LogP contribution is -2.40. The molecule has 2 heterocycles. The third-order valence-corrected chi connectivity index (χ3v) is 6.12. The van der Waals surface area contributed by atoms with Gasteiger partial charge in [0.05, 0.1) is 24.4 Å². The van der Waals surface area contributed by atoms with E-state index in [0.29, 0.717) is 24.3 Å². The van der Waals surface area contributed by atoms with Gasteiger partial charge in [0.15, 0.2) is 5.78 Å². The standard InChI is InChI=1S/C27H29N5O3/c1-16(2)11-17(12-25(33)24-14-20-21(30-24)9-6-10-26(20)35-3)27(34)29-18(15-28)13-23-19-7-4-5-8-22(19)31-32-23/h4-10,14,16-18,30H,11-13H2,1-3H3,(H,29,34)(H,31,32). The van der Waals surface area contributed by atoms with Crippen LogP contribution in [-0.2, 0) is 11.2 Å². The Kier molecular flexibility index (Phi) is 7.16. The first-order valence-electron chi connectivity index (χ1n) is 11.7. The molecule has 3 N–H and O–H groups in total. The number of nitriles is 1. The number of amides is 1. The summed E-state index contributed by atoms with van der Waals surface area (Å²) in [4.78, 5) is 29.5. The van der Waals surface area contributed by atoms with Gasteiger partial charge in [-0.05, 0) is 36.6 Å². The number of fused-ring (bicyclic) bond motifs is 2. The van der Waals surface area contributed by atoms with Crippen molar-refractivity contribution in [2.45, 2.75) is 39.2 Å². The van der Waals surface area contributed by atoms with Crippen LogP contribution in [0.4, 0.5) is 0 Å². The maximum atomic E-state index is 13.2. The second kappa shape index (κ2) is 10.4. The van der Waals surface area contributed by atoms with Gasteiger partial charge in [0, 0.05) is 40.7 Å². The number of ether oxygens (including phenoxy) is 1. The molecule has 4 rings (SSSR count). The molecular weight excluding hydrogens is 442 g/mol. The summed E-state index contributed by atoms with van der Waals surface area (Å²) in [6.07, 6.45) is 0.878. The number of carbonyl (C=O) groups excluding carboxylic acids is 2. The first-order chi connectivity index (χ1) is 16.9. The van der Waals surface area contributed by atoms with Gasteiger partial charge >= 0.3 is 0 Å². The molecule has 180 valence electrons. The van der Waals surface area contributed by atoms with Crippen LogP contribution in [0.5, 0.6) is 5.75 Å². The van der Waals surface area contributed by atoms with Crippen LogP contribution in [-0.4, -0.2) is 40.0 Å². The lowest BCUT2D eigenvalue weighted by atomic mass is 9.90. The zero-order valence-electron chi connectivity index (χ0n) is 20.1. The largest absolute Gasteiger partial charge is 0.496 e. The summed E-state index contributed by atoms with van der Waals surface area (Å²) in [5.41, 5.74) is 2.83. The molecule has 0 fully saturated rings. The van der Waals surface area contributed by atoms with Gasteiger partial charge in [-0.2, -0.15) is 10.4 Å². The van der Waals surface area contributed by atoms with Gasteiger partial charge in [0.1, 0.15) is 11.8 Å². The Hall–Kier alpha value is -4.12. The van der Waals surface area contributed by atoms with Gasteiger partial charge in [0.25, 0.3) is 0 Å². The smallest absolute Gasteiger partial charge is 0.224 e. The molecule has 1 amide bonds. The number of benzene rings is 2. The van der Waals surface area contributed by atoms with Gasteiger partial charge in [-0.25, -0.2) is 0 Å². The highest BCUT2D eigenvalue weighted by Gasteiger charge is 2.27. The number of rotatable bonds is 10. The molecule has 8 nitrogen and oxygen atoms in total. The van der Waals surface area contributed by atoms with Crippen LogP contribution in [0.25, 0.3) is 21.8 Å². The Morgan fingerprint density at radius 2 is 1.94 bits per heavy atom. The number of nitrogens with zero attached hydrogens (tertiary/aromatic N) is 2. The molecule has 0 bridgehead atoms. The Bertz CT molecular complexity index is 1390. The third kappa shape index (κ3) is 5.35. The van der Waals surface area contributed by atoms with Crippen molar-refractivity contribution in [2.24, 2.45) is 11.8 Å². The third-order valence-electron chi connectivity index (χ3n) is 6.12. The number of hydrogen-bond donors (Lipinski definition) is 3. The Morgan fingerprint density at radius 1 is 1.14 bits per heavy atom. The van der Waals surface area contributed by atoms with Gasteiger partial charge < -0.3 is 15.0 Å². The molecular formula is C27H29N5O3. The zero-order valence-corrected chi connectivity index (χ0v) is 20.1. The van der Waals surface area contributed by atoms with Gasteiger partial charge in [-0.3, -0.25) is 14.7 Å². The number of aromatic amines is 2. The summed E-state index contributed by atoms with van der Waals surface area (Å²) in [5, 5.41) is 21.5. The quantitative estimate of drug-likeness (QED) is 0.293. The molecule has 2 aromatic heterocycles. The molecule has 0 aliphatic heterocycles. The summed E-state index contributed by atoms with van der Waals surface area (Å²) in [5.74, 6) is -0.116. The SMILES string of the molecule is COc1cccc2[nH]c(C(=O)CC(CC(C)C)C(=O)NC(C#N)Cc3[nH]nc4ccccc34)cc12. The lowest BCUT2D eigenvalue weighted by Gasteiger charge is -2.20. The van der Waals surface area contributed by atoms with E-state index in [4.69, 9.17) is 4.74 Å². The average Bonchev–Trinajstić information content (AvgIpc) is 3.47. The van der Waals surface area contributed by atoms with Crippen molar-refractivity contribution < 1.29 is 14.3 Å². The number of ketones is 1. The topological polar surface area (TPSA) is 124 Å². The molecule has 0 saturated carbocycles. The number of methoxy groups -OCH3 is 1. The van der Waals surface area contributed by atoms with E-state index in [1.54, 1.807) is 13.2 Å². The van der Waals surface area contributed by atoms with Crippen LogP contribution in [0.2, 0.25) is 0 Å². The highest BCUT2D eigenvalue weighted by molar-refractivity contribution is 6.02. The van der Waals surface area contributed by atoms with E-state index in [-0.39, 0.29) is 24.0 Å². The maximum Gasteiger partial charge on any atom is 0.224 e. The van der Waals surface area contributed by atoms with Crippen LogP contribution >= 0.6 is 0 Å². The Balaban J connectivity index is 1.48. The van der Waals surface area contributed by atoms with E-state index in [9.17, 15) is 14.9 Å². The fourth-order valence-corrected chi connectivity index (χ4v) is 4.43. The van der Waals surface area contributed by atoms with E-state index in [1.807, 2.05) is 56.3 Å². The first kappa shape index (κ1) is 24.0. The maximum absolute atomic E-state index is 13.2. The number of nitrogens with one attached hydrogen (secondary N) is 3.